The normalized spacial score (nSPS) is 33.5. The fourth-order valence-corrected chi connectivity index (χ4v) is 10.3. The van der Waals surface area contributed by atoms with Crippen LogP contribution in [0.2, 0.25) is 0 Å². The third-order valence-corrected chi connectivity index (χ3v) is 11.7. The number of hydrogen-bond donors (Lipinski definition) is 1. The Bertz CT molecular complexity index is 1460. The molecule has 8 rings (SSSR count). The molecule has 40 heavy (non-hydrogen) atoms. The second-order valence-corrected chi connectivity index (χ2v) is 13.0. The number of amides is 1. The van der Waals surface area contributed by atoms with Crippen LogP contribution in [-0.2, 0) is 29.6 Å². The molecule has 0 aromatic heterocycles. The summed E-state index contributed by atoms with van der Waals surface area (Å²) in [5.41, 5.74) is 5.39. The lowest BCUT2D eigenvalue weighted by atomic mass is 9.43. The van der Waals surface area contributed by atoms with E-state index in [1.54, 1.807) is 7.11 Å². The van der Waals surface area contributed by atoms with Crippen LogP contribution in [0.3, 0.4) is 0 Å². The first-order valence-corrected chi connectivity index (χ1v) is 15.1. The molecule has 5 aliphatic rings. The Morgan fingerprint density at radius 3 is 2.62 bits per heavy atom. The van der Waals surface area contributed by atoms with Crippen LogP contribution in [0.15, 0.2) is 72.8 Å². The molecule has 1 N–H and O–H groups in total. The molecule has 4 fully saturated rings. The van der Waals surface area contributed by atoms with Crippen molar-refractivity contribution in [3.63, 3.8) is 0 Å². The molecule has 2 aliphatic heterocycles. The monoisotopic (exact) mass is 534 g/mol. The summed E-state index contributed by atoms with van der Waals surface area (Å²) in [5, 5.41) is 10.7. The fraction of sp³-hybridized carbons (Fsp3) is 0.457. The van der Waals surface area contributed by atoms with Gasteiger partial charge in [-0.2, -0.15) is 0 Å². The van der Waals surface area contributed by atoms with Gasteiger partial charge in [0.05, 0.1) is 7.11 Å². The van der Waals surface area contributed by atoms with Gasteiger partial charge in [-0.05, 0) is 97.0 Å². The molecule has 2 heterocycles. The Labute approximate surface area is 236 Å². The summed E-state index contributed by atoms with van der Waals surface area (Å²) in [4.78, 5) is 19.2. The van der Waals surface area contributed by atoms with Crippen LogP contribution in [0.5, 0.6) is 11.5 Å². The summed E-state index contributed by atoms with van der Waals surface area (Å²) < 4.78 is 5.36. The highest BCUT2D eigenvalue weighted by Gasteiger charge is 2.77. The number of ether oxygens (including phenoxy) is 1. The SMILES string of the molecule is COc1ccc(CCN2CCC34c5cc(O)ccc5CC2C32CCC3C4[C@H](C2)C(=O)N3Cc2ccccc2)cc1. The van der Waals surface area contributed by atoms with Crippen LogP contribution >= 0.6 is 0 Å². The first-order chi connectivity index (χ1) is 19.5. The Hall–Kier alpha value is -3.31. The number of phenols is 1. The molecular weight excluding hydrogens is 496 g/mol. The summed E-state index contributed by atoms with van der Waals surface area (Å²) in [6, 6.07) is 25.9. The van der Waals surface area contributed by atoms with Crippen molar-refractivity contribution in [1.82, 2.24) is 9.80 Å². The maximum Gasteiger partial charge on any atom is 0.226 e. The number of likely N-dealkylation sites (tertiary alicyclic amines) is 2. The average Bonchev–Trinajstić information content (AvgIpc) is 3.36. The number of fused-ring (bicyclic) bond motifs is 1. The van der Waals surface area contributed by atoms with E-state index in [0.29, 0.717) is 30.2 Å². The lowest BCUT2D eigenvalue weighted by molar-refractivity contribution is -0.138. The van der Waals surface area contributed by atoms with E-state index in [2.05, 4.69) is 70.5 Å². The Balaban J connectivity index is 1.17. The van der Waals surface area contributed by atoms with E-state index < -0.39 is 0 Å². The van der Waals surface area contributed by atoms with Gasteiger partial charge in [-0.1, -0.05) is 48.5 Å². The van der Waals surface area contributed by atoms with Crippen LogP contribution in [-0.4, -0.2) is 53.1 Å². The maximum atomic E-state index is 14.2. The van der Waals surface area contributed by atoms with Crippen LogP contribution in [0.25, 0.3) is 0 Å². The number of benzene rings is 3. The number of carbonyl (C=O) groups is 1. The number of methoxy groups -OCH3 is 1. The van der Waals surface area contributed by atoms with E-state index in [9.17, 15) is 9.90 Å². The first-order valence-electron chi connectivity index (χ1n) is 15.1. The van der Waals surface area contributed by atoms with Gasteiger partial charge in [-0.3, -0.25) is 9.69 Å². The predicted molar refractivity (Wildman–Crippen MR) is 154 cm³/mol. The number of nitrogens with zero attached hydrogens (tertiary/aromatic N) is 2. The van der Waals surface area contributed by atoms with E-state index in [4.69, 9.17) is 4.74 Å². The molecule has 3 aliphatic carbocycles. The minimum Gasteiger partial charge on any atom is -0.508 e. The average molecular weight is 535 g/mol. The van der Waals surface area contributed by atoms with Crippen molar-refractivity contribution < 1.29 is 14.6 Å². The highest BCUT2D eigenvalue weighted by atomic mass is 16.5. The van der Waals surface area contributed by atoms with Crippen LogP contribution in [0, 0.1) is 17.3 Å². The highest BCUT2D eigenvalue weighted by Crippen LogP contribution is 2.75. The van der Waals surface area contributed by atoms with Crippen LogP contribution in [0.1, 0.15) is 47.9 Å². The van der Waals surface area contributed by atoms with Gasteiger partial charge in [-0.25, -0.2) is 0 Å². The standard InChI is InChI=1S/C35H38N2O3/c1-40-27-11-7-23(8-12-27)14-17-36-18-16-35-29-20-26(38)10-9-25(29)19-31(36)34(35)15-13-30-32(35)28(21-34)33(39)37(30)22-24-5-3-2-4-6-24/h2-12,20,28,30-32,38H,13-19,21-22H2,1H3/t28-,30?,31?,32?,34?,35?/m0/s1. The molecule has 0 spiro atoms. The molecule has 6 atom stereocenters. The fourth-order valence-electron chi connectivity index (χ4n) is 10.3. The molecule has 206 valence electrons. The molecule has 1 amide bonds. The Morgan fingerprint density at radius 1 is 1.00 bits per heavy atom. The summed E-state index contributed by atoms with van der Waals surface area (Å²) >= 11 is 0. The van der Waals surface area contributed by atoms with Gasteiger partial charge in [0.1, 0.15) is 11.5 Å². The van der Waals surface area contributed by atoms with Crippen LogP contribution < -0.4 is 4.74 Å². The summed E-state index contributed by atoms with van der Waals surface area (Å²) in [5.74, 6) is 2.07. The van der Waals surface area contributed by atoms with E-state index in [0.717, 1.165) is 50.9 Å². The summed E-state index contributed by atoms with van der Waals surface area (Å²) in [6.45, 7) is 2.81. The van der Waals surface area contributed by atoms with Gasteiger partial charge < -0.3 is 14.7 Å². The zero-order valence-electron chi connectivity index (χ0n) is 23.3. The molecule has 5 heteroatoms. The lowest BCUT2D eigenvalue weighted by Crippen LogP contribution is -2.69. The molecule has 5 nitrogen and oxygen atoms in total. The largest absolute Gasteiger partial charge is 0.508 e. The lowest BCUT2D eigenvalue weighted by Gasteiger charge is -2.66. The minimum absolute atomic E-state index is 0.0325. The van der Waals surface area contributed by atoms with Crippen molar-refractivity contribution in [3.8, 4) is 11.5 Å². The van der Waals surface area contributed by atoms with Crippen molar-refractivity contribution in [2.45, 2.75) is 62.6 Å². The Morgan fingerprint density at radius 2 is 1.82 bits per heavy atom. The number of rotatable bonds is 6. The molecule has 0 radical (unpaired) electrons. The van der Waals surface area contributed by atoms with E-state index in [-0.39, 0.29) is 22.8 Å². The van der Waals surface area contributed by atoms with Crippen LogP contribution in [0.4, 0.5) is 0 Å². The third kappa shape index (κ3) is 3.21. The summed E-state index contributed by atoms with van der Waals surface area (Å²) in [6.07, 6.45) is 6.38. The van der Waals surface area contributed by atoms with E-state index in [1.807, 2.05) is 12.1 Å². The van der Waals surface area contributed by atoms with Crippen molar-refractivity contribution in [3.05, 3.63) is 95.1 Å². The molecule has 3 aromatic rings. The zero-order valence-corrected chi connectivity index (χ0v) is 23.3. The smallest absolute Gasteiger partial charge is 0.226 e. The van der Waals surface area contributed by atoms with E-state index in [1.165, 1.54) is 28.7 Å². The highest BCUT2D eigenvalue weighted by molar-refractivity contribution is 5.84. The maximum absolute atomic E-state index is 14.2. The molecule has 5 unspecified atom stereocenters. The van der Waals surface area contributed by atoms with Crippen molar-refractivity contribution in [2.75, 3.05) is 20.2 Å². The van der Waals surface area contributed by atoms with Gasteiger partial charge in [0.15, 0.2) is 0 Å². The molecule has 3 aromatic carbocycles. The van der Waals surface area contributed by atoms with Gasteiger partial charge in [-0.15, -0.1) is 0 Å². The third-order valence-electron chi connectivity index (χ3n) is 11.7. The van der Waals surface area contributed by atoms with Crippen molar-refractivity contribution in [1.29, 1.82) is 0 Å². The van der Waals surface area contributed by atoms with Crippen molar-refractivity contribution in [2.24, 2.45) is 17.3 Å². The zero-order chi connectivity index (χ0) is 27.1. The van der Waals surface area contributed by atoms with Gasteiger partial charge >= 0.3 is 0 Å². The number of aromatic hydroxyl groups is 1. The molecule has 4 bridgehead atoms. The second-order valence-electron chi connectivity index (χ2n) is 13.0. The Kier molecular flexibility index (Phi) is 5.41. The number of phenolic OH excluding ortho intramolecular Hbond substituents is 1. The van der Waals surface area contributed by atoms with Gasteiger partial charge in [0, 0.05) is 42.4 Å². The first kappa shape index (κ1) is 24.5. The summed E-state index contributed by atoms with van der Waals surface area (Å²) in [7, 11) is 1.71. The van der Waals surface area contributed by atoms with Crippen molar-refractivity contribution >= 4 is 5.91 Å². The van der Waals surface area contributed by atoms with Gasteiger partial charge in [0.2, 0.25) is 5.91 Å². The molecule has 2 saturated heterocycles. The minimum atomic E-state index is -0.0325. The molecular formula is C35H38N2O3. The number of hydrogen-bond acceptors (Lipinski definition) is 4. The number of carbonyl (C=O) groups excluding carboxylic acids is 1. The van der Waals surface area contributed by atoms with Gasteiger partial charge in [0.25, 0.3) is 0 Å². The van der Waals surface area contributed by atoms with E-state index >= 15 is 0 Å². The predicted octanol–water partition coefficient (Wildman–Crippen LogP) is 5.34. The quantitative estimate of drug-likeness (QED) is 0.464. The topological polar surface area (TPSA) is 53.0 Å². The number of piperidine rings is 1. The molecule has 2 saturated carbocycles. The second kappa shape index (κ2) is 8.84.